The van der Waals surface area contributed by atoms with E-state index in [9.17, 15) is 0 Å². The highest BCUT2D eigenvalue weighted by Crippen LogP contribution is 2.35. The lowest BCUT2D eigenvalue weighted by molar-refractivity contribution is 0.795. The van der Waals surface area contributed by atoms with Crippen molar-refractivity contribution in [1.29, 1.82) is 0 Å². The molecule has 3 aromatic rings. The van der Waals surface area contributed by atoms with Crippen molar-refractivity contribution in [2.75, 3.05) is 4.90 Å². The summed E-state index contributed by atoms with van der Waals surface area (Å²) >= 11 is 0. The van der Waals surface area contributed by atoms with Crippen LogP contribution in [0.15, 0.2) is 72.8 Å². The number of benzene rings is 3. The van der Waals surface area contributed by atoms with Crippen molar-refractivity contribution in [3.63, 3.8) is 0 Å². The third-order valence-corrected chi connectivity index (χ3v) is 5.29. The van der Waals surface area contributed by atoms with Gasteiger partial charge >= 0.3 is 0 Å². The highest BCUT2D eigenvalue weighted by atomic mass is 15.1. The van der Waals surface area contributed by atoms with Crippen LogP contribution in [0.5, 0.6) is 0 Å². The first-order chi connectivity index (χ1) is 13.7. The van der Waals surface area contributed by atoms with Crippen molar-refractivity contribution < 1.29 is 0 Å². The van der Waals surface area contributed by atoms with Gasteiger partial charge in [-0.15, -0.1) is 0 Å². The van der Waals surface area contributed by atoms with Crippen LogP contribution in [0.4, 0.5) is 17.1 Å². The average molecular weight is 372 g/mol. The van der Waals surface area contributed by atoms with Gasteiger partial charge < -0.3 is 4.90 Å². The van der Waals surface area contributed by atoms with Gasteiger partial charge in [0, 0.05) is 17.1 Å². The molecule has 1 heteroatoms. The molecule has 0 aliphatic carbocycles. The number of unbranched alkanes of at least 4 members (excludes halogenated alkanes) is 2. The Hall–Kier alpha value is -2.54. The Morgan fingerprint density at radius 1 is 0.607 bits per heavy atom. The molecule has 0 radical (unpaired) electrons. The van der Waals surface area contributed by atoms with E-state index >= 15 is 0 Å². The van der Waals surface area contributed by atoms with Gasteiger partial charge in [0.1, 0.15) is 0 Å². The third kappa shape index (κ3) is 5.25. The van der Waals surface area contributed by atoms with Gasteiger partial charge in [-0.25, -0.2) is 0 Å². The summed E-state index contributed by atoms with van der Waals surface area (Å²) in [6.07, 6.45) is 7.30. The number of hydrogen-bond donors (Lipinski definition) is 0. The maximum Gasteiger partial charge on any atom is 0.0464 e. The largest absolute Gasteiger partial charge is 0.310 e. The number of aryl methyl sites for hydroxylation is 3. The molecular formula is C27H33N. The molecule has 0 N–H and O–H groups in total. The monoisotopic (exact) mass is 371 g/mol. The molecule has 0 aliphatic heterocycles. The van der Waals surface area contributed by atoms with E-state index in [-0.39, 0.29) is 0 Å². The van der Waals surface area contributed by atoms with Crippen LogP contribution < -0.4 is 4.90 Å². The minimum Gasteiger partial charge on any atom is -0.310 e. The van der Waals surface area contributed by atoms with Gasteiger partial charge in [-0.2, -0.15) is 0 Å². The second-order valence-electron chi connectivity index (χ2n) is 7.71. The predicted octanol–water partition coefficient (Wildman–Crippen LogP) is 8.15. The molecule has 0 fully saturated rings. The minimum atomic E-state index is 1.16. The lowest BCUT2D eigenvalue weighted by atomic mass is 10.1. The van der Waals surface area contributed by atoms with E-state index in [1.807, 2.05) is 0 Å². The fraction of sp³-hybridized carbons (Fsp3) is 0.333. The fourth-order valence-corrected chi connectivity index (χ4v) is 3.60. The molecule has 1 nitrogen and oxygen atoms in total. The second-order valence-corrected chi connectivity index (χ2v) is 7.71. The zero-order chi connectivity index (χ0) is 19.8. The Morgan fingerprint density at radius 2 is 1.11 bits per heavy atom. The van der Waals surface area contributed by atoms with E-state index < -0.39 is 0 Å². The maximum atomic E-state index is 2.36. The van der Waals surface area contributed by atoms with E-state index in [1.54, 1.807) is 0 Å². The third-order valence-electron chi connectivity index (χ3n) is 5.29. The zero-order valence-corrected chi connectivity index (χ0v) is 17.6. The summed E-state index contributed by atoms with van der Waals surface area (Å²) in [5.74, 6) is 0. The SMILES string of the molecule is CCCCc1ccc(N(c2ccc(CCCC)cc2)c2cccc(C)c2)cc1. The molecule has 0 saturated heterocycles. The van der Waals surface area contributed by atoms with E-state index in [2.05, 4.69) is 98.5 Å². The van der Waals surface area contributed by atoms with Crippen LogP contribution >= 0.6 is 0 Å². The Bertz CT molecular complexity index is 795. The fourth-order valence-electron chi connectivity index (χ4n) is 3.60. The normalized spacial score (nSPS) is 10.8. The molecule has 0 aliphatic rings. The first-order valence-electron chi connectivity index (χ1n) is 10.8. The summed E-state index contributed by atoms with van der Waals surface area (Å²) in [4.78, 5) is 2.36. The van der Waals surface area contributed by atoms with Crippen LogP contribution in [-0.4, -0.2) is 0 Å². The topological polar surface area (TPSA) is 3.24 Å². The lowest BCUT2D eigenvalue weighted by Gasteiger charge is -2.26. The van der Waals surface area contributed by atoms with E-state index in [1.165, 1.54) is 59.4 Å². The summed E-state index contributed by atoms with van der Waals surface area (Å²) < 4.78 is 0. The molecule has 0 heterocycles. The summed E-state index contributed by atoms with van der Waals surface area (Å²) in [6, 6.07) is 26.9. The molecule has 0 amide bonds. The number of nitrogens with zero attached hydrogens (tertiary/aromatic N) is 1. The Balaban J connectivity index is 1.93. The van der Waals surface area contributed by atoms with Crippen molar-refractivity contribution in [2.45, 2.75) is 59.3 Å². The highest BCUT2D eigenvalue weighted by molar-refractivity contribution is 5.76. The van der Waals surface area contributed by atoms with Crippen molar-refractivity contribution >= 4 is 17.1 Å². The van der Waals surface area contributed by atoms with Crippen molar-refractivity contribution in [2.24, 2.45) is 0 Å². The summed E-state index contributed by atoms with van der Waals surface area (Å²) in [6.45, 7) is 6.65. The first kappa shape index (κ1) is 20.2. The Labute approximate surface area is 171 Å². The smallest absolute Gasteiger partial charge is 0.0464 e. The van der Waals surface area contributed by atoms with Crippen LogP contribution in [0.3, 0.4) is 0 Å². The summed E-state index contributed by atoms with van der Waals surface area (Å²) in [5, 5.41) is 0. The molecule has 28 heavy (non-hydrogen) atoms. The van der Waals surface area contributed by atoms with Gasteiger partial charge in [0.25, 0.3) is 0 Å². The van der Waals surface area contributed by atoms with Gasteiger partial charge in [0.2, 0.25) is 0 Å². The first-order valence-corrected chi connectivity index (χ1v) is 10.8. The predicted molar refractivity (Wildman–Crippen MR) is 123 cm³/mol. The van der Waals surface area contributed by atoms with Crippen molar-refractivity contribution in [3.8, 4) is 0 Å². The van der Waals surface area contributed by atoms with Crippen LogP contribution in [-0.2, 0) is 12.8 Å². The molecule has 0 atom stereocenters. The molecule has 3 aromatic carbocycles. The molecule has 146 valence electrons. The molecule has 0 spiro atoms. The van der Waals surface area contributed by atoms with E-state index in [4.69, 9.17) is 0 Å². The second kappa shape index (κ2) is 10.1. The molecule has 0 bridgehead atoms. The van der Waals surface area contributed by atoms with Gasteiger partial charge in [-0.1, -0.05) is 63.1 Å². The van der Waals surface area contributed by atoms with Crippen LogP contribution in [0, 0.1) is 6.92 Å². The van der Waals surface area contributed by atoms with Crippen molar-refractivity contribution in [3.05, 3.63) is 89.5 Å². The van der Waals surface area contributed by atoms with E-state index in [0.717, 1.165) is 12.8 Å². The quantitative estimate of drug-likeness (QED) is 0.367. The van der Waals surface area contributed by atoms with E-state index in [0.29, 0.717) is 0 Å². The number of rotatable bonds is 9. The molecule has 0 unspecified atom stereocenters. The molecule has 0 saturated carbocycles. The molecule has 3 rings (SSSR count). The van der Waals surface area contributed by atoms with Gasteiger partial charge in [-0.3, -0.25) is 0 Å². The summed E-state index contributed by atoms with van der Waals surface area (Å²) in [5.41, 5.74) is 7.76. The number of anilines is 3. The zero-order valence-electron chi connectivity index (χ0n) is 17.6. The lowest BCUT2D eigenvalue weighted by Crippen LogP contribution is -2.10. The molecule has 0 aromatic heterocycles. The van der Waals surface area contributed by atoms with Gasteiger partial charge in [0.15, 0.2) is 0 Å². The van der Waals surface area contributed by atoms with Gasteiger partial charge in [0.05, 0.1) is 0 Å². The minimum absolute atomic E-state index is 1.16. The number of hydrogen-bond acceptors (Lipinski definition) is 1. The Kier molecular flexibility index (Phi) is 7.31. The molecular weight excluding hydrogens is 338 g/mol. The maximum absolute atomic E-state index is 2.36. The van der Waals surface area contributed by atoms with Gasteiger partial charge in [-0.05, 0) is 85.7 Å². The van der Waals surface area contributed by atoms with Crippen molar-refractivity contribution in [1.82, 2.24) is 0 Å². The van der Waals surface area contributed by atoms with Crippen LogP contribution in [0.25, 0.3) is 0 Å². The Morgan fingerprint density at radius 3 is 1.54 bits per heavy atom. The highest BCUT2D eigenvalue weighted by Gasteiger charge is 2.12. The standard InChI is InChI=1S/C27H33N/c1-4-6-10-23-13-17-25(18-14-23)28(27-12-8-9-22(3)21-27)26-19-15-24(16-20-26)11-7-5-2/h8-9,12-21H,4-7,10-11H2,1-3H3. The van der Waals surface area contributed by atoms with Crippen LogP contribution in [0.2, 0.25) is 0 Å². The average Bonchev–Trinajstić information content (AvgIpc) is 2.73. The van der Waals surface area contributed by atoms with Crippen LogP contribution in [0.1, 0.15) is 56.2 Å². The summed E-state index contributed by atoms with van der Waals surface area (Å²) in [7, 11) is 0.